The fourth-order valence-corrected chi connectivity index (χ4v) is 2.73. The van der Waals surface area contributed by atoms with Crippen LogP contribution in [0.15, 0.2) is 18.2 Å². The summed E-state index contributed by atoms with van der Waals surface area (Å²) in [4.78, 5) is 2.29. The van der Waals surface area contributed by atoms with Gasteiger partial charge < -0.3 is 10.6 Å². The van der Waals surface area contributed by atoms with Crippen LogP contribution in [0.2, 0.25) is 5.02 Å². The van der Waals surface area contributed by atoms with Crippen molar-refractivity contribution in [2.24, 2.45) is 11.7 Å². The highest BCUT2D eigenvalue weighted by atomic mass is 35.5. The van der Waals surface area contributed by atoms with Crippen LogP contribution in [0.1, 0.15) is 25.3 Å². The van der Waals surface area contributed by atoms with Crippen molar-refractivity contribution in [1.82, 2.24) is 0 Å². The van der Waals surface area contributed by atoms with Crippen LogP contribution in [-0.4, -0.2) is 19.1 Å². The topological polar surface area (TPSA) is 53.0 Å². The Morgan fingerprint density at radius 2 is 2.28 bits per heavy atom. The molecule has 2 rings (SSSR count). The van der Waals surface area contributed by atoms with E-state index in [2.05, 4.69) is 17.9 Å². The first-order valence-corrected chi connectivity index (χ1v) is 6.70. The molecule has 18 heavy (non-hydrogen) atoms. The lowest BCUT2D eigenvalue weighted by Crippen LogP contribution is -2.44. The van der Waals surface area contributed by atoms with Gasteiger partial charge in [-0.2, -0.15) is 5.26 Å². The van der Waals surface area contributed by atoms with Gasteiger partial charge in [-0.1, -0.05) is 11.6 Å². The first kappa shape index (κ1) is 13.2. The van der Waals surface area contributed by atoms with E-state index < -0.39 is 0 Å². The van der Waals surface area contributed by atoms with Gasteiger partial charge in [0.25, 0.3) is 0 Å². The Morgan fingerprint density at radius 1 is 1.50 bits per heavy atom. The van der Waals surface area contributed by atoms with E-state index in [1.165, 1.54) is 6.42 Å². The molecule has 1 aromatic carbocycles. The van der Waals surface area contributed by atoms with Crippen molar-refractivity contribution in [3.8, 4) is 6.07 Å². The number of nitriles is 1. The molecule has 0 aromatic heterocycles. The molecule has 1 heterocycles. The molecule has 0 saturated carbocycles. The van der Waals surface area contributed by atoms with Crippen molar-refractivity contribution in [1.29, 1.82) is 5.26 Å². The second-order valence-electron chi connectivity index (χ2n) is 4.95. The van der Waals surface area contributed by atoms with Crippen LogP contribution < -0.4 is 10.6 Å². The average Bonchev–Trinajstić information content (AvgIpc) is 2.39. The molecule has 96 valence electrons. The first-order chi connectivity index (χ1) is 8.65. The van der Waals surface area contributed by atoms with Crippen LogP contribution in [-0.2, 0) is 0 Å². The third kappa shape index (κ3) is 2.60. The quantitative estimate of drug-likeness (QED) is 0.893. The van der Waals surface area contributed by atoms with Gasteiger partial charge in [-0.25, -0.2) is 0 Å². The van der Waals surface area contributed by atoms with E-state index in [1.807, 2.05) is 12.1 Å². The molecule has 0 amide bonds. The standard InChI is InChI=1S/C14H18ClN3/c1-10-2-3-11(7-16)9-18(10)14-5-4-13(15)6-12(14)8-17/h4-6,10-11H,2-3,7,9,16H2,1H3. The van der Waals surface area contributed by atoms with Gasteiger partial charge in [-0.3, -0.25) is 0 Å². The molecule has 0 aliphatic carbocycles. The third-order valence-corrected chi connectivity index (χ3v) is 3.94. The summed E-state index contributed by atoms with van der Waals surface area (Å²) in [5.41, 5.74) is 7.40. The third-order valence-electron chi connectivity index (χ3n) is 3.70. The second kappa shape index (κ2) is 5.60. The lowest BCUT2D eigenvalue weighted by Gasteiger charge is -2.39. The van der Waals surface area contributed by atoms with E-state index in [-0.39, 0.29) is 0 Å². The van der Waals surface area contributed by atoms with Crippen LogP contribution in [0, 0.1) is 17.2 Å². The minimum Gasteiger partial charge on any atom is -0.367 e. The number of nitrogens with two attached hydrogens (primary N) is 1. The van der Waals surface area contributed by atoms with Crippen molar-refractivity contribution in [2.75, 3.05) is 18.0 Å². The Hall–Kier alpha value is -1.24. The molecule has 1 aliphatic rings. The molecule has 2 N–H and O–H groups in total. The van der Waals surface area contributed by atoms with E-state index in [0.29, 0.717) is 29.1 Å². The van der Waals surface area contributed by atoms with Crippen LogP contribution in [0.25, 0.3) is 0 Å². The minimum atomic E-state index is 0.445. The minimum absolute atomic E-state index is 0.445. The number of halogens is 1. The number of rotatable bonds is 2. The Bertz CT molecular complexity index is 467. The zero-order chi connectivity index (χ0) is 13.1. The summed E-state index contributed by atoms with van der Waals surface area (Å²) in [7, 11) is 0. The molecule has 3 nitrogen and oxygen atoms in total. The summed E-state index contributed by atoms with van der Waals surface area (Å²) in [6.45, 7) is 3.83. The van der Waals surface area contributed by atoms with E-state index in [1.54, 1.807) is 6.07 Å². The molecule has 1 aromatic rings. The summed E-state index contributed by atoms with van der Waals surface area (Å²) in [6.07, 6.45) is 2.29. The van der Waals surface area contributed by atoms with Crippen LogP contribution >= 0.6 is 11.6 Å². The molecular weight excluding hydrogens is 246 g/mol. The van der Waals surface area contributed by atoms with Gasteiger partial charge in [-0.05, 0) is 50.4 Å². The average molecular weight is 264 g/mol. The van der Waals surface area contributed by atoms with Crippen molar-refractivity contribution < 1.29 is 0 Å². The zero-order valence-electron chi connectivity index (χ0n) is 10.6. The number of hydrogen-bond donors (Lipinski definition) is 1. The van der Waals surface area contributed by atoms with Gasteiger partial charge in [0, 0.05) is 17.6 Å². The number of benzene rings is 1. The fraction of sp³-hybridized carbons (Fsp3) is 0.500. The van der Waals surface area contributed by atoms with Crippen LogP contribution in [0.5, 0.6) is 0 Å². The SMILES string of the molecule is CC1CCC(CN)CN1c1ccc(Cl)cc1C#N. The molecule has 4 heteroatoms. The van der Waals surface area contributed by atoms with Gasteiger partial charge in [0.15, 0.2) is 0 Å². The predicted molar refractivity (Wildman–Crippen MR) is 74.8 cm³/mol. The summed E-state index contributed by atoms with van der Waals surface area (Å²) >= 11 is 5.94. The molecular formula is C14H18ClN3. The number of piperidine rings is 1. The predicted octanol–water partition coefficient (Wildman–Crippen LogP) is 2.78. The maximum absolute atomic E-state index is 9.22. The molecule has 0 spiro atoms. The highest BCUT2D eigenvalue weighted by Crippen LogP contribution is 2.31. The fourth-order valence-electron chi connectivity index (χ4n) is 2.56. The van der Waals surface area contributed by atoms with Crippen molar-refractivity contribution in [2.45, 2.75) is 25.8 Å². The molecule has 1 aliphatic heterocycles. The van der Waals surface area contributed by atoms with E-state index >= 15 is 0 Å². The zero-order valence-corrected chi connectivity index (χ0v) is 11.3. The first-order valence-electron chi connectivity index (χ1n) is 6.32. The smallest absolute Gasteiger partial charge is 0.101 e. The molecule has 1 saturated heterocycles. The maximum atomic E-state index is 9.22. The van der Waals surface area contributed by atoms with Crippen molar-refractivity contribution in [3.05, 3.63) is 28.8 Å². The largest absolute Gasteiger partial charge is 0.367 e. The molecule has 2 atom stereocenters. The van der Waals surface area contributed by atoms with E-state index in [4.69, 9.17) is 17.3 Å². The van der Waals surface area contributed by atoms with Gasteiger partial charge in [-0.15, -0.1) is 0 Å². The lowest BCUT2D eigenvalue weighted by atomic mass is 9.92. The molecule has 2 unspecified atom stereocenters. The number of nitrogens with zero attached hydrogens (tertiary/aromatic N) is 2. The maximum Gasteiger partial charge on any atom is 0.101 e. The molecule has 1 fully saturated rings. The molecule has 0 bridgehead atoms. The van der Waals surface area contributed by atoms with Gasteiger partial charge >= 0.3 is 0 Å². The monoisotopic (exact) mass is 263 g/mol. The second-order valence-corrected chi connectivity index (χ2v) is 5.39. The van der Waals surface area contributed by atoms with Crippen LogP contribution in [0.3, 0.4) is 0 Å². The Kier molecular flexibility index (Phi) is 4.11. The Morgan fingerprint density at radius 3 is 2.94 bits per heavy atom. The van der Waals surface area contributed by atoms with E-state index in [9.17, 15) is 5.26 Å². The lowest BCUT2D eigenvalue weighted by molar-refractivity contribution is 0.374. The number of hydrogen-bond acceptors (Lipinski definition) is 3. The van der Waals surface area contributed by atoms with Gasteiger partial charge in [0.1, 0.15) is 6.07 Å². The van der Waals surface area contributed by atoms with Crippen molar-refractivity contribution in [3.63, 3.8) is 0 Å². The Labute approximate surface area is 113 Å². The van der Waals surface area contributed by atoms with Gasteiger partial charge in [0.2, 0.25) is 0 Å². The summed E-state index contributed by atoms with van der Waals surface area (Å²) in [5, 5.41) is 9.83. The highest BCUT2D eigenvalue weighted by molar-refractivity contribution is 6.30. The van der Waals surface area contributed by atoms with Crippen LogP contribution in [0.4, 0.5) is 5.69 Å². The highest BCUT2D eigenvalue weighted by Gasteiger charge is 2.26. The summed E-state index contributed by atoms with van der Waals surface area (Å²) in [6, 6.07) is 8.19. The Balaban J connectivity index is 2.32. The number of anilines is 1. The normalized spacial score (nSPS) is 23.8. The summed E-state index contributed by atoms with van der Waals surface area (Å²) in [5.74, 6) is 0.517. The van der Waals surface area contributed by atoms with Crippen molar-refractivity contribution >= 4 is 17.3 Å². The molecule has 0 radical (unpaired) electrons. The summed E-state index contributed by atoms with van der Waals surface area (Å²) < 4.78 is 0. The van der Waals surface area contributed by atoms with Gasteiger partial charge in [0.05, 0.1) is 11.3 Å². The van der Waals surface area contributed by atoms with E-state index in [0.717, 1.165) is 18.7 Å².